The molecule has 3 aromatic rings. The molecule has 2 heterocycles. The van der Waals surface area contributed by atoms with E-state index in [1.54, 1.807) is 19.1 Å². The van der Waals surface area contributed by atoms with Crippen LogP contribution in [0.1, 0.15) is 34.5 Å². The summed E-state index contributed by atoms with van der Waals surface area (Å²) in [6, 6.07) is 9.35. The maximum absolute atomic E-state index is 14.4. The van der Waals surface area contributed by atoms with Gasteiger partial charge < -0.3 is 15.0 Å². The number of methoxy groups -OCH3 is 1. The van der Waals surface area contributed by atoms with Gasteiger partial charge in [0.2, 0.25) is 0 Å². The second-order valence-corrected chi connectivity index (χ2v) is 8.82. The van der Waals surface area contributed by atoms with Gasteiger partial charge in [-0.2, -0.15) is 4.37 Å². The molecule has 32 heavy (non-hydrogen) atoms. The Kier molecular flexibility index (Phi) is 6.34. The zero-order valence-electron chi connectivity index (χ0n) is 17.4. The third-order valence-corrected chi connectivity index (χ3v) is 7.00. The van der Waals surface area contributed by atoms with Crippen LogP contribution in [0.2, 0.25) is 0 Å². The van der Waals surface area contributed by atoms with Crippen molar-refractivity contribution in [2.75, 3.05) is 25.5 Å². The molecule has 2 aromatic carbocycles. The van der Waals surface area contributed by atoms with Gasteiger partial charge in [-0.25, -0.2) is 18.2 Å². The van der Waals surface area contributed by atoms with Gasteiger partial charge in [0.05, 0.1) is 18.2 Å². The third kappa shape index (κ3) is 4.16. The smallest absolute Gasteiger partial charge is 0.263 e. The Bertz CT molecular complexity index is 1130. The van der Waals surface area contributed by atoms with Crippen molar-refractivity contribution in [3.8, 4) is 5.75 Å². The number of ether oxygens (including phenoxy) is 1. The molecule has 0 amide bonds. The van der Waals surface area contributed by atoms with E-state index in [9.17, 15) is 13.2 Å². The predicted molar refractivity (Wildman–Crippen MR) is 122 cm³/mol. The minimum absolute atomic E-state index is 0.129. The molecule has 0 saturated carbocycles. The number of hydrogen-bond acceptors (Lipinski definition) is 5. The lowest BCUT2D eigenvalue weighted by Gasteiger charge is -2.29. The molecule has 0 radical (unpaired) electrons. The Morgan fingerprint density at radius 2 is 2.09 bits per heavy atom. The van der Waals surface area contributed by atoms with E-state index >= 15 is 0 Å². The van der Waals surface area contributed by atoms with E-state index < -0.39 is 11.8 Å². The number of hydrogen-bond donors (Lipinski definition) is 1. The van der Waals surface area contributed by atoms with Gasteiger partial charge >= 0.3 is 0 Å². The molecule has 1 fully saturated rings. The fourth-order valence-corrected chi connectivity index (χ4v) is 4.96. The molecule has 1 atom stereocenters. The summed E-state index contributed by atoms with van der Waals surface area (Å²) in [5, 5.41) is 4.20. The SMILES string of the molecule is COc1ccc(C(F)F)cc1NC(=S)N1CCC(c2ccc(C)c(F)c2)(c2ncns2)C1. The highest BCUT2D eigenvalue weighted by Gasteiger charge is 2.44. The van der Waals surface area contributed by atoms with Crippen LogP contribution >= 0.6 is 23.8 Å². The lowest BCUT2D eigenvalue weighted by atomic mass is 9.80. The Hall–Kier alpha value is -2.72. The quantitative estimate of drug-likeness (QED) is 0.501. The molecular formula is C22H21F3N4OS2. The van der Waals surface area contributed by atoms with Crippen molar-refractivity contribution < 1.29 is 17.9 Å². The number of likely N-dealkylation sites (tertiary alicyclic amines) is 1. The molecule has 10 heteroatoms. The van der Waals surface area contributed by atoms with E-state index in [-0.39, 0.29) is 11.4 Å². The Balaban J connectivity index is 1.62. The van der Waals surface area contributed by atoms with Crippen LogP contribution in [0.4, 0.5) is 18.9 Å². The average molecular weight is 479 g/mol. The number of aryl methyl sites for hydroxylation is 1. The summed E-state index contributed by atoms with van der Waals surface area (Å²) < 4.78 is 50.2. The summed E-state index contributed by atoms with van der Waals surface area (Å²) in [5.41, 5.74) is 1.04. The van der Waals surface area contributed by atoms with Crippen LogP contribution in [0.5, 0.6) is 5.75 Å². The summed E-state index contributed by atoms with van der Waals surface area (Å²) >= 11 is 6.88. The standard InChI is InChI=1S/C22H21F3N4OS2/c1-13-3-5-15(10-16(13)23)22(20-26-12-27-32-20)7-8-29(11-22)21(31)28-17-9-14(19(24)25)4-6-18(17)30-2/h3-6,9-10,12,19H,7-8,11H2,1-2H3,(H,28,31). The minimum Gasteiger partial charge on any atom is -0.495 e. The predicted octanol–water partition coefficient (Wildman–Crippen LogP) is 5.32. The molecule has 1 unspecified atom stereocenters. The van der Waals surface area contributed by atoms with Gasteiger partial charge in [-0.05, 0) is 72.5 Å². The third-order valence-electron chi connectivity index (χ3n) is 5.77. The van der Waals surface area contributed by atoms with Crippen molar-refractivity contribution >= 4 is 34.6 Å². The average Bonchev–Trinajstić information content (AvgIpc) is 3.46. The molecule has 0 bridgehead atoms. The normalized spacial score (nSPS) is 18.2. The van der Waals surface area contributed by atoms with Crippen LogP contribution < -0.4 is 10.1 Å². The second-order valence-electron chi connectivity index (χ2n) is 7.65. The van der Waals surface area contributed by atoms with Crippen molar-refractivity contribution in [1.82, 2.24) is 14.3 Å². The summed E-state index contributed by atoms with van der Waals surface area (Å²) in [6.45, 7) is 2.75. The largest absolute Gasteiger partial charge is 0.495 e. The van der Waals surface area contributed by atoms with Crippen molar-refractivity contribution in [2.24, 2.45) is 0 Å². The number of halogens is 3. The number of nitrogens with zero attached hydrogens (tertiary/aromatic N) is 3. The topological polar surface area (TPSA) is 50.3 Å². The van der Waals surface area contributed by atoms with Crippen LogP contribution in [0.25, 0.3) is 0 Å². The molecule has 1 aliphatic rings. The van der Waals surface area contributed by atoms with Gasteiger partial charge in [0.1, 0.15) is 22.9 Å². The molecule has 0 spiro atoms. The zero-order valence-corrected chi connectivity index (χ0v) is 19.1. The molecular weight excluding hydrogens is 457 g/mol. The zero-order chi connectivity index (χ0) is 22.9. The molecule has 1 N–H and O–H groups in total. The first kappa shape index (κ1) is 22.5. The number of anilines is 1. The molecule has 1 aromatic heterocycles. The van der Waals surface area contributed by atoms with Gasteiger partial charge in [-0.15, -0.1) is 0 Å². The van der Waals surface area contributed by atoms with Gasteiger partial charge in [0.25, 0.3) is 6.43 Å². The number of benzene rings is 2. The number of alkyl halides is 2. The first-order valence-electron chi connectivity index (χ1n) is 9.90. The van der Waals surface area contributed by atoms with E-state index in [2.05, 4.69) is 14.7 Å². The number of thiocarbonyl (C=S) groups is 1. The fourth-order valence-electron chi connectivity index (χ4n) is 3.94. The second kappa shape index (κ2) is 9.03. The monoisotopic (exact) mass is 478 g/mol. The first-order chi connectivity index (χ1) is 15.3. The van der Waals surface area contributed by atoms with Crippen LogP contribution in [0, 0.1) is 12.7 Å². The molecule has 168 valence electrons. The van der Waals surface area contributed by atoms with Crippen LogP contribution in [-0.2, 0) is 5.41 Å². The highest BCUT2D eigenvalue weighted by atomic mass is 32.1. The Morgan fingerprint density at radius 3 is 2.75 bits per heavy atom. The van der Waals surface area contributed by atoms with E-state index in [1.807, 2.05) is 11.0 Å². The maximum atomic E-state index is 14.4. The summed E-state index contributed by atoms with van der Waals surface area (Å²) in [6.07, 6.45) is -0.462. The highest BCUT2D eigenvalue weighted by molar-refractivity contribution is 7.80. The number of rotatable bonds is 5. The molecule has 5 nitrogen and oxygen atoms in total. The first-order valence-corrected chi connectivity index (χ1v) is 11.1. The minimum atomic E-state index is -2.61. The fraction of sp³-hybridized carbons (Fsp3) is 0.318. The number of aromatic nitrogens is 2. The van der Waals surface area contributed by atoms with Crippen molar-refractivity contribution in [2.45, 2.75) is 25.2 Å². The lowest BCUT2D eigenvalue weighted by Crippen LogP contribution is -2.37. The van der Waals surface area contributed by atoms with E-state index in [0.29, 0.717) is 41.6 Å². The van der Waals surface area contributed by atoms with Gasteiger partial charge in [0, 0.05) is 18.7 Å². The van der Waals surface area contributed by atoms with Gasteiger partial charge in [-0.1, -0.05) is 12.1 Å². The molecule has 1 aliphatic heterocycles. The van der Waals surface area contributed by atoms with Crippen molar-refractivity contribution in [3.63, 3.8) is 0 Å². The maximum Gasteiger partial charge on any atom is 0.263 e. The summed E-state index contributed by atoms with van der Waals surface area (Å²) in [4.78, 5) is 6.36. The van der Waals surface area contributed by atoms with E-state index in [0.717, 1.165) is 10.6 Å². The molecule has 1 saturated heterocycles. The molecule has 0 aliphatic carbocycles. The van der Waals surface area contributed by atoms with Crippen LogP contribution in [0.3, 0.4) is 0 Å². The van der Waals surface area contributed by atoms with Crippen molar-refractivity contribution in [1.29, 1.82) is 0 Å². The van der Waals surface area contributed by atoms with E-state index in [1.165, 1.54) is 43.2 Å². The summed E-state index contributed by atoms with van der Waals surface area (Å²) in [5.74, 6) is 0.131. The van der Waals surface area contributed by atoms with Gasteiger partial charge in [0.15, 0.2) is 5.11 Å². The van der Waals surface area contributed by atoms with Crippen LogP contribution in [-0.4, -0.2) is 39.6 Å². The van der Waals surface area contributed by atoms with Crippen molar-refractivity contribution in [3.05, 3.63) is 70.2 Å². The summed E-state index contributed by atoms with van der Waals surface area (Å²) in [7, 11) is 1.47. The Labute approximate surface area is 193 Å². The Morgan fingerprint density at radius 1 is 1.28 bits per heavy atom. The van der Waals surface area contributed by atoms with Gasteiger partial charge in [-0.3, -0.25) is 0 Å². The highest BCUT2D eigenvalue weighted by Crippen LogP contribution is 2.42. The molecule has 4 rings (SSSR count). The lowest BCUT2D eigenvalue weighted by molar-refractivity contribution is 0.151. The van der Waals surface area contributed by atoms with Crippen LogP contribution in [0.15, 0.2) is 42.7 Å². The number of nitrogens with one attached hydrogen (secondary N) is 1. The van der Waals surface area contributed by atoms with E-state index in [4.69, 9.17) is 17.0 Å².